The monoisotopic (exact) mass is 149 g/mol. The molecule has 0 aliphatic carbocycles. The smallest absolute Gasteiger partial charge is 0.409 e. The highest BCUT2D eigenvalue weighted by Crippen LogP contribution is 2.03. The van der Waals surface area contributed by atoms with Gasteiger partial charge in [-0.05, 0) is 0 Å². The number of aromatic nitrogens is 1. The highest BCUT2D eigenvalue weighted by Gasteiger charge is 1.95. The summed E-state index contributed by atoms with van der Waals surface area (Å²) in [5.74, 6) is 0. The first-order valence-electron chi connectivity index (χ1n) is 2.01. The van der Waals surface area contributed by atoms with E-state index in [1.807, 2.05) is 0 Å². The minimum absolute atomic E-state index is 0.258. The van der Waals surface area contributed by atoms with Crippen LogP contribution in [0.5, 0.6) is 6.08 Å². The van der Waals surface area contributed by atoms with E-state index in [-0.39, 0.29) is 6.08 Å². The molecule has 9 heavy (non-hydrogen) atoms. The third kappa shape index (κ3) is 1.73. The lowest BCUT2D eigenvalue weighted by molar-refractivity contribution is 0.379. The van der Waals surface area contributed by atoms with Crippen molar-refractivity contribution >= 4 is 11.0 Å². The molecule has 1 rings (SSSR count). The Hall–Kier alpha value is -1.04. The van der Waals surface area contributed by atoms with Gasteiger partial charge in [0.25, 0.3) is 0 Å². The van der Waals surface area contributed by atoms with Gasteiger partial charge in [-0.2, -0.15) is 13.4 Å². The second-order valence-corrected chi connectivity index (χ2v) is 1.74. The van der Waals surface area contributed by atoms with Crippen LogP contribution in [0.25, 0.3) is 0 Å². The Balaban J connectivity index is 2.68. The van der Waals surface area contributed by atoms with Crippen molar-refractivity contribution in [3.63, 3.8) is 0 Å². The second kappa shape index (κ2) is 2.49. The van der Waals surface area contributed by atoms with Crippen LogP contribution in [0.15, 0.2) is 16.9 Å². The molecule has 0 radical (unpaired) electrons. The number of nitrogens with zero attached hydrogens (tertiary/aromatic N) is 1. The SMILES string of the molecule is O=[SH](=O)Oc1ncco1. The predicted molar refractivity (Wildman–Crippen MR) is 27.4 cm³/mol. The average molecular weight is 149 g/mol. The Kier molecular flexibility index (Phi) is 1.69. The third-order valence-corrected chi connectivity index (χ3v) is 0.868. The lowest BCUT2D eigenvalue weighted by atomic mass is 11.0. The van der Waals surface area contributed by atoms with Crippen LogP contribution in [-0.2, 0) is 11.0 Å². The van der Waals surface area contributed by atoms with Gasteiger partial charge in [0.15, 0.2) is 0 Å². The Morgan fingerprint density at radius 3 is 2.89 bits per heavy atom. The number of hydrogen-bond donors (Lipinski definition) is 1. The summed E-state index contributed by atoms with van der Waals surface area (Å²) in [5.41, 5.74) is 0. The molecule has 1 aromatic heterocycles. The summed E-state index contributed by atoms with van der Waals surface area (Å²) in [7, 11) is -2.91. The highest BCUT2D eigenvalue weighted by molar-refractivity contribution is 7.67. The van der Waals surface area contributed by atoms with Crippen LogP contribution in [-0.4, -0.2) is 13.4 Å². The molecule has 1 heterocycles. The fraction of sp³-hybridized carbons (Fsp3) is 0. The molecular weight excluding hydrogens is 146 g/mol. The van der Waals surface area contributed by atoms with Crippen LogP contribution in [0.1, 0.15) is 0 Å². The van der Waals surface area contributed by atoms with Crippen molar-refractivity contribution in [2.24, 2.45) is 0 Å². The first-order valence-corrected chi connectivity index (χ1v) is 3.10. The average Bonchev–Trinajstić information content (AvgIpc) is 2.15. The molecule has 6 heteroatoms. The van der Waals surface area contributed by atoms with Gasteiger partial charge in [-0.3, -0.25) is 0 Å². The van der Waals surface area contributed by atoms with E-state index < -0.39 is 11.0 Å². The molecule has 0 saturated heterocycles. The molecule has 5 nitrogen and oxygen atoms in total. The fourth-order valence-electron chi connectivity index (χ4n) is 0.319. The topological polar surface area (TPSA) is 69.4 Å². The minimum Gasteiger partial charge on any atom is -0.417 e. The number of hydrogen-bond acceptors (Lipinski definition) is 5. The van der Waals surface area contributed by atoms with Crippen LogP contribution >= 0.6 is 0 Å². The molecule has 0 amide bonds. The maximum atomic E-state index is 9.78. The molecule has 0 atom stereocenters. The zero-order chi connectivity index (χ0) is 6.69. The summed E-state index contributed by atoms with van der Waals surface area (Å²) >= 11 is 0. The lowest BCUT2D eigenvalue weighted by Crippen LogP contribution is -1.88. The van der Waals surface area contributed by atoms with E-state index in [2.05, 4.69) is 13.6 Å². The molecule has 0 aliphatic heterocycles. The van der Waals surface area contributed by atoms with E-state index >= 15 is 0 Å². The first kappa shape index (κ1) is 6.09. The van der Waals surface area contributed by atoms with Gasteiger partial charge in [0, 0.05) is 0 Å². The minimum atomic E-state index is -2.91. The predicted octanol–water partition coefficient (Wildman–Crippen LogP) is -0.420. The maximum Gasteiger partial charge on any atom is 0.409 e. The Morgan fingerprint density at radius 1 is 1.67 bits per heavy atom. The van der Waals surface area contributed by atoms with Gasteiger partial charge < -0.3 is 8.60 Å². The van der Waals surface area contributed by atoms with Gasteiger partial charge in [-0.25, -0.2) is 0 Å². The van der Waals surface area contributed by atoms with Crippen molar-refractivity contribution in [3.8, 4) is 6.08 Å². The van der Waals surface area contributed by atoms with Gasteiger partial charge in [-0.15, -0.1) is 0 Å². The van der Waals surface area contributed by atoms with E-state index in [9.17, 15) is 8.42 Å². The van der Waals surface area contributed by atoms with Gasteiger partial charge in [0.05, 0.1) is 6.20 Å². The summed E-state index contributed by atoms with van der Waals surface area (Å²) in [5, 5.41) is 0. The molecule has 0 unspecified atom stereocenters. The van der Waals surface area contributed by atoms with Gasteiger partial charge in [0.1, 0.15) is 6.26 Å². The molecule has 0 aromatic carbocycles. The van der Waals surface area contributed by atoms with E-state index in [4.69, 9.17) is 0 Å². The molecule has 0 aliphatic rings. The quantitative estimate of drug-likeness (QED) is 0.578. The first-order chi connectivity index (χ1) is 4.29. The largest absolute Gasteiger partial charge is 0.417 e. The Morgan fingerprint density at radius 2 is 2.44 bits per heavy atom. The second-order valence-electron chi connectivity index (χ2n) is 1.11. The molecular formula is C3H3NO4S. The van der Waals surface area contributed by atoms with Gasteiger partial charge in [0.2, 0.25) is 0 Å². The number of thiol groups is 1. The summed E-state index contributed by atoms with van der Waals surface area (Å²) < 4.78 is 28.0. The van der Waals surface area contributed by atoms with E-state index in [1.165, 1.54) is 12.5 Å². The van der Waals surface area contributed by atoms with Crippen molar-refractivity contribution in [2.45, 2.75) is 0 Å². The third-order valence-electron chi connectivity index (χ3n) is 0.562. The van der Waals surface area contributed by atoms with Gasteiger partial charge in [-0.1, -0.05) is 0 Å². The zero-order valence-electron chi connectivity index (χ0n) is 4.18. The number of oxazole rings is 1. The van der Waals surface area contributed by atoms with Crippen LogP contribution in [0.3, 0.4) is 0 Å². The zero-order valence-corrected chi connectivity index (χ0v) is 5.08. The van der Waals surface area contributed by atoms with E-state index in [1.54, 1.807) is 0 Å². The van der Waals surface area contributed by atoms with Crippen LogP contribution in [0, 0.1) is 0 Å². The molecule has 0 N–H and O–H groups in total. The van der Waals surface area contributed by atoms with Crippen molar-refractivity contribution in [3.05, 3.63) is 12.5 Å². The summed E-state index contributed by atoms with van der Waals surface area (Å²) in [6.07, 6.45) is 2.24. The normalized spacial score (nSPS) is 9.89. The molecule has 0 spiro atoms. The maximum absolute atomic E-state index is 9.78. The van der Waals surface area contributed by atoms with E-state index in [0.29, 0.717) is 0 Å². The Labute approximate surface area is 52.4 Å². The van der Waals surface area contributed by atoms with Gasteiger partial charge >= 0.3 is 17.1 Å². The molecule has 0 bridgehead atoms. The molecule has 1 aromatic rings. The summed E-state index contributed by atoms with van der Waals surface area (Å²) in [4.78, 5) is 3.38. The van der Waals surface area contributed by atoms with Crippen molar-refractivity contribution in [1.29, 1.82) is 0 Å². The highest BCUT2D eigenvalue weighted by atomic mass is 32.2. The van der Waals surface area contributed by atoms with Crippen LogP contribution in [0.2, 0.25) is 0 Å². The van der Waals surface area contributed by atoms with Crippen molar-refractivity contribution < 1.29 is 17.0 Å². The molecule has 50 valence electrons. The fourth-order valence-corrected chi connectivity index (χ4v) is 0.537. The number of rotatable bonds is 2. The Bertz CT molecular complexity index is 230. The lowest BCUT2D eigenvalue weighted by Gasteiger charge is -1.83. The van der Waals surface area contributed by atoms with E-state index in [0.717, 1.165) is 0 Å². The summed E-state index contributed by atoms with van der Waals surface area (Å²) in [6.45, 7) is 0. The van der Waals surface area contributed by atoms with Crippen LogP contribution < -0.4 is 4.18 Å². The molecule has 0 saturated carbocycles. The van der Waals surface area contributed by atoms with Crippen LogP contribution in [0.4, 0.5) is 0 Å². The van der Waals surface area contributed by atoms with Crippen molar-refractivity contribution in [2.75, 3.05) is 0 Å². The molecule has 0 fully saturated rings. The summed E-state index contributed by atoms with van der Waals surface area (Å²) in [6, 6.07) is 0. The standard InChI is InChI=1S/C3H3NO4S/c5-9(6)8-3-4-1-2-7-3/h1-2,9H. The van der Waals surface area contributed by atoms with Crippen molar-refractivity contribution in [1.82, 2.24) is 4.98 Å².